The van der Waals surface area contributed by atoms with Crippen molar-refractivity contribution in [2.24, 2.45) is 7.05 Å². The highest BCUT2D eigenvalue weighted by Crippen LogP contribution is 2.05. The van der Waals surface area contributed by atoms with Gasteiger partial charge in [-0.1, -0.05) is 0 Å². The second-order valence-electron chi connectivity index (χ2n) is 3.49. The highest BCUT2D eigenvalue weighted by atomic mass is 32.2. The van der Waals surface area contributed by atoms with E-state index in [2.05, 4.69) is 24.8 Å². The van der Waals surface area contributed by atoms with Crippen molar-refractivity contribution < 1.29 is 8.42 Å². The summed E-state index contributed by atoms with van der Waals surface area (Å²) in [6, 6.07) is 0. The van der Waals surface area contributed by atoms with Crippen molar-refractivity contribution in [3.8, 4) is 0 Å². The van der Waals surface area contributed by atoms with Crippen molar-refractivity contribution in [2.45, 2.75) is 18.5 Å². The molecule has 2 aromatic rings. The van der Waals surface area contributed by atoms with Gasteiger partial charge in [-0.25, -0.2) is 23.1 Å². The van der Waals surface area contributed by atoms with E-state index in [1.54, 1.807) is 14.0 Å². The number of aromatic nitrogens is 5. The number of aryl methyl sites for hydroxylation is 2. The van der Waals surface area contributed by atoms with Crippen LogP contribution in [0.15, 0.2) is 17.6 Å². The van der Waals surface area contributed by atoms with Crippen LogP contribution < -0.4 is 4.72 Å². The molecular weight excluding hydrogens is 244 g/mol. The first-order valence-corrected chi connectivity index (χ1v) is 6.31. The first kappa shape index (κ1) is 11.7. The molecular formula is C8H12N6O2S. The van der Waals surface area contributed by atoms with E-state index in [9.17, 15) is 8.42 Å². The first-order valence-electron chi connectivity index (χ1n) is 4.83. The summed E-state index contributed by atoms with van der Waals surface area (Å²) in [6.45, 7) is 1.72. The first-order chi connectivity index (χ1) is 7.97. The monoisotopic (exact) mass is 256 g/mol. The summed E-state index contributed by atoms with van der Waals surface area (Å²) in [7, 11) is -1.87. The summed E-state index contributed by atoms with van der Waals surface area (Å²) in [4.78, 5) is 10.4. The number of imidazole rings is 1. The zero-order valence-corrected chi connectivity index (χ0v) is 10.2. The molecule has 0 aliphatic rings. The molecule has 0 radical (unpaired) electrons. The van der Waals surface area contributed by atoms with Gasteiger partial charge in [-0.2, -0.15) is 5.10 Å². The van der Waals surface area contributed by atoms with Crippen molar-refractivity contribution in [2.75, 3.05) is 0 Å². The van der Waals surface area contributed by atoms with Crippen LogP contribution in [-0.2, 0) is 23.6 Å². The lowest BCUT2D eigenvalue weighted by Crippen LogP contribution is -2.24. The Kier molecular flexibility index (Phi) is 2.94. The molecule has 17 heavy (non-hydrogen) atoms. The summed E-state index contributed by atoms with van der Waals surface area (Å²) < 4.78 is 27.4. The maximum Gasteiger partial charge on any atom is 0.258 e. The fourth-order valence-electron chi connectivity index (χ4n) is 1.24. The van der Waals surface area contributed by atoms with Crippen LogP contribution in [0.25, 0.3) is 0 Å². The minimum atomic E-state index is -3.59. The molecule has 9 heteroatoms. The Morgan fingerprint density at radius 2 is 2.24 bits per heavy atom. The molecule has 0 unspecified atom stereocenters. The van der Waals surface area contributed by atoms with Crippen LogP contribution in [-0.4, -0.2) is 33.2 Å². The van der Waals surface area contributed by atoms with Crippen LogP contribution in [0, 0.1) is 6.92 Å². The molecule has 8 nitrogen and oxygen atoms in total. The largest absolute Gasteiger partial charge is 0.332 e. The molecule has 2 N–H and O–H groups in total. The van der Waals surface area contributed by atoms with E-state index in [4.69, 9.17) is 0 Å². The summed E-state index contributed by atoms with van der Waals surface area (Å²) in [5.41, 5.74) is 0. The van der Waals surface area contributed by atoms with Gasteiger partial charge in [-0.3, -0.25) is 4.68 Å². The van der Waals surface area contributed by atoms with Crippen molar-refractivity contribution in [3.63, 3.8) is 0 Å². The number of H-pyrrole nitrogens is 1. The van der Waals surface area contributed by atoms with Gasteiger partial charge in [-0.15, -0.1) is 0 Å². The fraction of sp³-hybridized carbons (Fsp3) is 0.375. The zero-order chi connectivity index (χ0) is 12.5. The Hall–Kier alpha value is -1.74. The molecule has 0 aromatic carbocycles. The molecule has 0 atom stereocenters. The molecule has 0 aliphatic heterocycles. The van der Waals surface area contributed by atoms with Gasteiger partial charge >= 0.3 is 0 Å². The number of nitrogens with zero attached hydrogens (tertiary/aromatic N) is 4. The van der Waals surface area contributed by atoms with Crippen LogP contribution >= 0.6 is 0 Å². The number of sulfonamides is 1. The van der Waals surface area contributed by atoms with E-state index in [-0.39, 0.29) is 11.6 Å². The predicted octanol–water partition coefficient (Wildman–Crippen LogP) is -0.675. The van der Waals surface area contributed by atoms with Crippen LogP contribution in [0.3, 0.4) is 0 Å². The lowest BCUT2D eigenvalue weighted by atomic mass is 10.6. The van der Waals surface area contributed by atoms with E-state index < -0.39 is 10.0 Å². The molecule has 2 aromatic heterocycles. The fourth-order valence-corrected chi connectivity index (χ4v) is 2.19. The molecule has 0 aliphatic carbocycles. The Balaban J connectivity index is 2.08. The van der Waals surface area contributed by atoms with Crippen molar-refractivity contribution in [3.05, 3.63) is 24.2 Å². The van der Waals surface area contributed by atoms with Crippen LogP contribution in [0.5, 0.6) is 0 Å². The molecule has 0 spiro atoms. The number of aromatic amines is 1. The van der Waals surface area contributed by atoms with Crippen molar-refractivity contribution in [1.29, 1.82) is 0 Å². The summed E-state index contributed by atoms with van der Waals surface area (Å²) in [5, 5.41) is 4.00. The van der Waals surface area contributed by atoms with E-state index in [1.165, 1.54) is 17.2 Å². The van der Waals surface area contributed by atoms with Gasteiger partial charge in [0.15, 0.2) is 10.9 Å². The Morgan fingerprint density at radius 1 is 1.47 bits per heavy atom. The molecule has 0 saturated heterocycles. The Labute approximate surface area is 98.1 Å². The highest BCUT2D eigenvalue weighted by Gasteiger charge is 2.16. The lowest BCUT2D eigenvalue weighted by molar-refractivity contribution is 0.575. The third-order valence-electron chi connectivity index (χ3n) is 2.04. The minimum Gasteiger partial charge on any atom is -0.332 e. The number of hydrogen-bond acceptors (Lipinski definition) is 5. The van der Waals surface area contributed by atoms with Gasteiger partial charge in [0.2, 0.25) is 0 Å². The summed E-state index contributed by atoms with van der Waals surface area (Å²) >= 11 is 0. The van der Waals surface area contributed by atoms with E-state index >= 15 is 0 Å². The molecule has 0 bridgehead atoms. The zero-order valence-electron chi connectivity index (χ0n) is 9.38. The lowest BCUT2D eigenvalue weighted by Gasteiger charge is -2.01. The quantitative estimate of drug-likeness (QED) is 0.754. The van der Waals surface area contributed by atoms with E-state index in [1.807, 2.05) is 0 Å². The van der Waals surface area contributed by atoms with Gasteiger partial charge < -0.3 is 4.98 Å². The molecule has 0 fully saturated rings. The maximum atomic E-state index is 11.8. The molecule has 0 saturated carbocycles. The van der Waals surface area contributed by atoms with Gasteiger partial charge in [-0.05, 0) is 6.92 Å². The molecule has 0 amide bonds. The normalized spacial score (nSPS) is 11.9. The van der Waals surface area contributed by atoms with Gasteiger partial charge in [0.25, 0.3) is 10.0 Å². The molecule has 2 rings (SSSR count). The average molecular weight is 256 g/mol. The topological polar surface area (TPSA) is 106 Å². The average Bonchev–Trinajstić information content (AvgIpc) is 2.85. The minimum absolute atomic E-state index is 0.0333. The maximum absolute atomic E-state index is 11.8. The molecule has 2 heterocycles. The smallest absolute Gasteiger partial charge is 0.258 e. The molecule has 92 valence electrons. The van der Waals surface area contributed by atoms with E-state index in [0.717, 1.165) is 0 Å². The van der Waals surface area contributed by atoms with E-state index in [0.29, 0.717) is 11.6 Å². The van der Waals surface area contributed by atoms with Crippen molar-refractivity contribution in [1.82, 2.24) is 29.5 Å². The third-order valence-corrected chi connectivity index (χ3v) is 3.35. The Morgan fingerprint density at radius 3 is 2.76 bits per heavy atom. The predicted molar refractivity (Wildman–Crippen MR) is 58.4 cm³/mol. The summed E-state index contributed by atoms with van der Waals surface area (Å²) in [5.74, 6) is 0.952. The SMILES string of the molecule is Cc1ncc(S(=O)(=O)NCc2ncn(C)n2)[nH]1. The number of nitrogens with one attached hydrogen (secondary N) is 2. The standard InChI is InChI=1S/C8H12N6O2S/c1-6-9-4-8(12-6)17(15,16)11-3-7-10-5-14(2)13-7/h4-5,11H,3H2,1-2H3,(H,9,12). The van der Waals surface area contributed by atoms with Gasteiger partial charge in [0.1, 0.15) is 12.2 Å². The summed E-state index contributed by atoms with van der Waals surface area (Å²) in [6.07, 6.45) is 2.77. The van der Waals surface area contributed by atoms with Crippen LogP contribution in [0.4, 0.5) is 0 Å². The number of hydrogen-bond donors (Lipinski definition) is 2. The highest BCUT2D eigenvalue weighted by molar-refractivity contribution is 7.89. The van der Waals surface area contributed by atoms with Gasteiger partial charge in [0.05, 0.1) is 12.7 Å². The van der Waals surface area contributed by atoms with Crippen LogP contribution in [0.2, 0.25) is 0 Å². The second kappa shape index (κ2) is 4.26. The Bertz CT molecular complexity index is 614. The van der Waals surface area contributed by atoms with Crippen molar-refractivity contribution >= 4 is 10.0 Å². The third kappa shape index (κ3) is 2.68. The number of rotatable bonds is 4. The van der Waals surface area contributed by atoms with Gasteiger partial charge in [0, 0.05) is 7.05 Å². The second-order valence-corrected chi connectivity index (χ2v) is 5.23. The van der Waals surface area contributed by atoms with Crippen LogP contribution in [0.1, 0.15) is 11.6 Å².